The van der Waals surface area contributed by atoms with Gasteiger partial charge in [-0.15, -0.1) is 0 Å². The normalized spacial score (nSPS) is 47.6. The average molecular weight is 198 g/mol. The first-order chi connectivity index (χ1) is 6.45. The largest absolute Gasteiger partial charge is 0.411 e. The monoisotopic (exact) mass is 198 g/mol. The molecule has 14 heavy (non-hydrogen) atoms. The summed E-state index contributed by atoms with van der Waals surface area (Å²) in [5.41, 5.74) is 2.76. The Labute approximate surface area is 84.0 Å². The highest BCUT2D eigenvalue weighted by Gasteiger charge is 2.63. The molecule has 0 aromatic carbocycles. The van der Waals surface area contributed by atoms with Crippen LogP contribution >= 0.6 is 0 Å². The number of oxime groups is 1. The van der Waals surface area contributed by atoms with Gasteiger partial charge in [0.05, 0.1) is 11.3 Å². The van der Waals surface area contributed by atoms with E-state index in [0.29, 0.717) is 23.0 Å². The molecule has 2 aliphatic rings. The Kier molecular flexibility index (Phi) is 1.92. The molecule has 2 rings (SSSR count). The highest BCUT2D eigenvalue weighted by molar-refractivity contribution is 5.94. The van der Waals surface area contributed by atoms with Crippen LogP contribution in [0.1, 0.15) is 33.6 Å². The minimum Gasteiger partial charge on any atom is -0.411 e. The summed E-state index contributed by atoms with van der Waals surface area (Å²) in [7, 11) is 0. The molecule has 4 nitrogen and oxygen atoms in total. The zero-order valence-corrected chi connectivity index (χ0v) is 8.91. The third-order valence-electron chi connectivity index (χ3n) is 4.33. The Bertz CT molecular complexity index is 288. The van der Waals surface area contributed by atoms with E-state index in [1.54, 1.807) is 0 Å². The van der Waals surface area contributed by atoms with Crippen molar-refractivity contribution in [2.75, 3.05) is 0 Å². The van der Waals surface area contributed by atoms with Crippen molar-refractivity contribution >= 4 is 5.71 Å². The average Bonchev–Trinajstić information content (AvgIpc) is 2.66. The van der Waals surface area contributed by atoms with Gasteiger partial charge in [-0.1, -0.05) is 19.0 Å². The predicted molar refractivity (Wildman–Crippen MR) is 52.5 cm³/mol. The third kappa shape index (κ3) is 1.10. The van der Waals surface area contributed by atoms with Gasteiger partial charge in [-0.3, -0.25) is 0 Å². The number of hydrogen-bond donors (Lipinski definition) is 3. The third-order valence-corrected chi connectivity index (χ3v) is 4.33. The van der Waals surface area contributed by atoms with Crippen molar-refractivity contribution in [3.8, 4) is 0 Å². The maximum Gasteiger partial charge on any atom is 0.0818 e. The molecule has 0 aromatic heterocycles. The second-order valence-electron chi connectivity index (χ2n) is 5.43. The van der Waals surface area contributed by atoms with Gasteiger partial charge in [0, 0.05) is 0 Å². The lowest BCUT2D eigenvalue weighted by Crippen LogP contribution is -2.50. The molecular weight excluding hydrogens is 180 g/mol. The first-order valence-electron chi connectivity index (χ1n) is 5.08. The van der Waals surface area contributed by atoms with Crippen molar-refractivity contribution in [1.29, 1.82) is 0 Å². The van der Waals surface area contributed by atoms with Crippen molar-refractivity contribution in [2.45, 2.75) is 39.2 Å². The van der Waals surface area contributed by atoms with Gasteiger partial charge in [0.1, 0.15) is 0 Å². The molecule has 0 aliphatic heterocycles. The maximum atomic E-state index is 9.12. The van der Waals surface area contributed by atoms with Gasteiger partial charge in [0.15, 0.2) is 0 Å². The summed E-state index contributed by atoms with van der Waals surface area (Å²) in [6.45, 7) is 6.35. The number of nitrogens with one attached hydrogen (secondary N) is 1. The molecule has 80 valence electrons. The fraction of sp³-hybridized carbons (Fsp3) is 0.900. The van der Waals surface area contributed by atoms with Crippen LogP contribution in [0.2, 0.25) is 0 Å². The van der Waals surface area contributed by atoms with E-state index in [9.17, 15) is 0 Å². The van der Waals surface area contributed by atoms with Crippen LogP contribution in [0.25, 0.3) is 0 Å². The molecule has 3 atom stereocenters. The zero-order chi connectivity index (χ0) is 10.6. The Morgan fingerprint density at radius 1 is 1.36 bits per heavy atom. The Balaban J connectivity index is 2.23. The first-order valence-corrected chi connectivity index (χ1v) is 5.08. The molecule has 0 bridgehead atoms. The van der Waals surface area contributed by atoms with Crippen LogP contribution in [-0.2, 0) is 0 Å². The summed E-state index contributed by atoms with van der Waals surface area (Å²) in [6.07, 6.45) is 1.64. The predicted octanol–water partition coefficient (Wildman–Crippen LogP) is 1.62. The van der Waals surface area contributed by atoms with E-state index >= 15 is 0 Å². The number of fused-ring (bicyclic) bond motifs is 1. The molecule has 0 radical (unpaired) electrons. The van der Waals surface area contributed by atoms with E-state index in [1.807, 2.05) is 6.92 Å². The molecular formula is C10H18N2O2. The summed E-state index contributed by atoms with van der Waals surface area (Å²) < 4.78 is 0. The van der Waals surface area contributed by atoms with E-state index in [4.69, 9.17) is 10.4 Å². The quantitative estimate of drug-likeness (QED) is 0.443. The van der Waals surface area contributed by atoms with Crippen LogP contribution in [0.4, 0.5) is 0 Å². The molecule has 2 fully saturated rings. The zero-order valence-electron chi connectivity index (χ0n) is 8.91. The Morgan fingerprint density at radius 3 is 2.50 bits per heavy atom. The molecule has 0 saturated heterocycles. The highest BCUT2D eigenvalue weighted by Crippen LogP contribution is 2.65. The van der Waals surface area contributed by atoms with Crippen LogP contribution < -0.4 is 5.48 Å². The minimum absolute atomic E-state index is 0.338. The fourth-order valence-corrected chi connectivity index (χ4v) is 2.92. The summed E-state index contributed by atoms with van der Waals surface area (Å²) >= 11 is 0. The van der Waals surface area contributed by atoms with Gasteiger partial charge in [-0.25, -0.2) is 0 Å². The first kappa shape index (κ1) is 9.93. The van der Waals surface area contributed by atoms with Crippen LogP contribution in [0.15, 0.2) is 5.16 Å². The number of nitrogens with zero attached hydrogens (tertiary/aromatic N) is 1. The lowest BCUT2D eigenvalue weighted by molar-refractivity contribution is 0.0902. The molecule has 4 heteroatoms. The summed E-state index contributed by atoms with van der Waals surface area (Å²) in [6, 6.07) is 0. The molecule has 0 aromatic rings. The molecule has 2 saturated carbocycles. The van der Waals surface area contributed by atoms with Gasteiger partial charge in [-0.2, -0.15) is 5.48 Å². The number of hydroxylamine groups is 1. The molecule has 2 aliphatic carbocycles. The van der Waals surface area contributed by atoms with Crippen molar-refractivity contribution in [3.63, 3.8) is 0 Å². The number of hydrogen-bond acceptors (Lipinski definition) is 4. The van der Waals surface area contributed by atoms with Crippen LogP contribution in [-0.4, -0.2) is 21.7 Å². The fourth-order valence-electron chi connectivity index (χ4n) is 2.92. The number of rotatable bonds is 1. The highest BCUT2D eigenvalue weighted by atomic mass is 16.5. The van der Waals surface area contributed by atoms with Crippen molar-refractivity contribution in [3.05, 3.63) is 0 Å². The van der Waals surface area contributed by atoms with E-state index in [2.05, 4.69) is 24.5 Å². The van der Waals surface area contributed by atoms with E-state index in [0.717, 1.165) is 12.8 Å². The standard InChI is InChI=1S/C10H18N2O2/c1-9(2)6-4-8(11-13)10(3,12-14)5-7(6)9/h6-7,12-14H,4-5H2,1-3H3/b11-8+/t6-,7-,10+/m1/s1. The van der Waals surface area contributed by atoms with Gasteiger partial charge in [0.2, 0.25) is 0 Å². The van der Waals surface area contributed by atoms with Gasteiger partial charge >= 0.3 is 0 Å². The van der Waals surface area contributed by atoms with Crippen molar-refractivity contribution < 1.29 is 10.4 Å². The van der Waals surface area contributed by atoms with E-state index in [1.165, 1.54) is 0 Å². The SMILES string of the molecule is CC1(C)[C@@H]2C/C(=N\O)[C@@](C)(NO)C[C@H]21. The van der Waals surface area contributed by atoms with Gasteiger partial charge < -0.3 is 10.4 Å². The lowest BCUT2D eigenvalue weighted by Gasteiger charge is -2.32. The maximum absolute atomic E-state index is 9.12. The van der Waals surface area contributed by atoms with Gasteiger partial charge in [-0.05, 0) is 37.0 Å². The minimum atomic E-state index is -0.538. The van der Waals surface area contributed by atoms with Crippen molar-refractivity contribution in [1.82, 2.24) is 5.48 Å². The van der Waals surface area contributed by atoms with Crippen LogP contribution in [0.5, 0.6) is 0 Å². The smallest absolute Gasteiger partial charge is 0.0818 e. The van der Waals surface area contributed by atoms with Crippen molar-refractivity contribution in [2.24, 2.45) is 22.4 Å². The molecule has 0 amide bonds. The Morgan fingerprint density at radius 2 is 2.00 bits per heavy atom. The second-order valence-corrected chi connectivity index (χ2v) is 5.43. The van der Waals surface area contributed by atoms with Crippen LogP contribution in [0.3, 0.4) is 0 Å². The summed E-state index contributed by atoms with van der Waals surface area (Å²) in [5.74, 6) is 1.26. The second kappa shape index (κ2) is 2.70. The molecule has 3 N–H and O–H groups in total. The topological polar surface area (TPSA) is 64.9 Å². The van der Waals surface area contributed by atoms with Crippen LogP contribution in [0, 0.1) is 17.3 Å². The van der Waals surface area contributed by atoms with Gasteiger partial charge in [0.25, 0.3) is 0 Å². The lowest BCUT2D eigenvalue weighted by atomic mass is 9.82. The van der Waals surface area contributed by atoms with E-state index in [-0.39, 0.29) is 0 Å². The molecule has 0 spiro atoms. The molecule has 0 heterocycles. The summed E-state index contributed by atoms with van der Waals surface area (Å²) in [4.78, 5) is 0. The molecule has 0 unspecified atom stereocenters. The summed E-state index contributed by atoms with van der Waals surface area (Å²) in [5, 5.41) is 21.3. The van der Waals surface area contributed by atoms with E-state index < -0.39 is 5.54 Å². The Hall–Kier alpha value is -0.610.